The molecule has 3 aliphatic rings. The van der Waals surface area contributed by atoms with Crippen molar-refractivity contribution in [3.8, 4) is 6.19 Å². The van der Waals surface area contributed by atoms with Crippen molar-refractivity contribution >= 4 is 40.8 Å². The Morgan fingerprint density at radius 3 is 2.75 bits per heavy atom. The highest BCUT2D eigenvalue weighted by Crippen LogP contribution is 2.33. The molecule has 0 aromatic heterocycles. The molecule has 1 saturated heterocycles. The van der Waals surface area contributed by atoms with Crippen LogP contribution < -0.4 is 10.6 Å². The fourth-order valence-electron chi connectivity index (χ4n) is 5.25. The molecule has 1 amide bonds. The van der Waals surface area contributed by atoms with Crippen molar-refractivity contribution in [2.24, 2.45) is 16.0 Å². The largest absolute Gasteiger partial charge is 0.392 e. The van der Waals surface area contributed by atoms with Crippen LogP contribution in [0.5, 0.6) is 0 Å². The third kappa shape index (κ3) is 7.16. The first-order valence-electron chi connectivity index (χ1n) is 13.1. The number of nitrogens with zero attached hydrogens (tertiary/aromatic N) is 5. The van der Waals surface area contributed by atoms with E-state index in [0.717, 1.165) is 19.4 Å². The minimum Gasteiger partial charge on any atom is -0.331 e. The van der Waals surface area contributed by atoms with Gasteiger partial charge in [0.25, 0.3) is 0 Å². The summed E-state index contributed by atoms with van der Waals surface area (Å²) in [6, 6.07) is 4.24. The van der Waals surface area contributed by atoms with E-state index in [0.29, 0.717) is 33.6 Å². The fraction of sp³-hybridized carbons (Fsp3) is 0.481. The van der Waals surface area contributed by atoms with Gasteiger partial charge in [0.05, 0.1) is 46.5 Å². The van der Waals surface area contributed by atoms with Crippen LogP contribution >= 0.6 is 23.2 Å². The molecule has 3 atom stereocenters. The molecule has 0 spiro atoms. The van der Waals surface area contributed by atoms with Gasteiger partial charge in [0.1, 0.15) is 0 Å². The van der Waals surface area contributed by atoms with Gasteiger partial charge in [-0.1, -0.05) is 47.8 Å². The van der Waals surface area contributed by atoms with Crippen LogP contribution in [-0.2, 0) is 4.79 Å². The van der Waals surface area contributed by atoms with Crippen molar-refractivity contribution in [1.29, 1.82) is 5.26 Å². The topological polar surface area (TPSA) is 96.1 Å². The molecule has 1 fully saturated rings. The highest BCUT2D eigenvalue weighted by atomic mass is 35.5. The zero-order valence-electron chi connectivity index (χ0n) is 22.1. The second kappa shape index (κ2) is 12.6. The number of aliphatic imine (C=N–C) groups is 1. The normalized spacial score (nSPS) is 23.4. The molecule has 0 bridgehead atoms. The van der Waals surface area contributed by atoms with Crippen LogP contribution in [0.2, 0.25) is 10.0 Å². The van der Waals surface area contributed by atoms with Gasteiger partial charge in [-0.05, 0) is 56.9 Å². The molecule has 2 aliphatic heterocycles. The van der Waals surface area contributed by atoms with E-state index in [2.05, 4.69) is 15.6 Å². The number of benzene rings is 1. The molecule has 214 valence electrons. The molecule has 4 rings (SSSR count). The molecule has 2 heterocycles. The van der Waals surface area contributed by atoms with E-state index in [1.165, 1.54) is 11.1 Å². The number of amides is 1. The molecule has 2 unspecified atom stereocenters. The maximum atomic E-state index is 13.5. The van der Waals surface area contributed by atoms with Gasteiger partial charge in [-0.15, -0.1) is 0 Å². The molecule has 40 heavy (non-hydrogen) atoms. The maximum absolute atomic E-state index is 13.5. The Hall–Kier alpha value is -3.07. The van der Waals surface area contributed by atoms with Crippen LogP contribution in [0.4, 0.5) is 13.2 Å². The molecule has 1 aromatic carbocycles. The minimum absolute atomic E-state index is 0.0352. The number of nitrogens with one attached hydrogen (secondary N) is 2. The van der Waals surface area contributed by atoms with E-state index in [4.69, 9.17) is 28.3 Å². The molecule has 0 saturated carbocycles. The van der Waals surface area contributed by atoms with E-state index >= 15 is 0 Å². The van der Waals surface area contributed by atoms with Gasteiger partial charge in [-0.2, -0.15) is 23.5 Å². The average molecular weight is 596 g/mol. The number of guanidine groups is 1. The van der Waals surface area contributed by atoms with E-state index in [1.807, 2.05) is 20.0 Å². The summed E-state index contributed by atoms with van der Waals surface area (Å²) in [6.45, 7) is 5.02. The number of carbonyl (C=O) groups is 1. The predicted molar refractivity (Wildman–Crippen MR) is 149 cm³/mol. The van der Waals surface area contributed by atoms with Crippen LogP contribution in [0.15, 0.2) is 51.7 Å². The second-order valence-corrected chi connectivity index (χ2v) is 10.8. The third-order valence-corrected chi connectivity index (χ3v) is 7.67. The lowest BCUT2D eigenvalue weighted by Crippen LogP contribution is -2.53. The predicted octanol–water partition coefficient (Wildman–Crippen LogP) is 5.21. The average Bonchev–Trinajstić information content (AvgIpc) is 3.55. The van der Waals surface area contributed by atoms with Crippen molar-refractivity contribution < 1.29 is 18.0 Å². The highest BCUT2D eigenvalue weighted by Gasteiger charge is 2.39. The van der Waals surface area contributed by atoms with Crippen molar-refractivity contribution in [2.45, 2.75) is 57.8 Å². The van der Waals surface area contributed by atoms with Gasteiger partial charge < -0.3 is 10.2 Å². The number of hydrogen-bond donors (Lipinski definition) is 2. The Kier molecular flexibility index (Phi) is 9.44. The standard InChI is InChI=1S/C27H30Cl2F3N7O/c1-3-38(25(40)22-5-4-8-34-22)23-14-39(37-24(23)18-6-7-20(28)21(29)12-18)26(35-15-33)36-19-10-16(2)9-17(11-19)13-27(30,31)32/h6-7,10-12,16,22-23,34H,3-5,8-9,13-14H2,1-2H3,(H,35,36)/t16?,22-,23?/m1/s1. The summed E-state index contributed by atoms with van der Waals surface area (Å²) in [5, 5.41) is 22.1. The Morgan fingerprint density at radius 1 is 1.35 bits per heavy atom. The number of halogens is 5. The molecule has 13 heteroatoms. The quantitative estimate of drug-likeness (QED) is 0.204. The molecular weight excluding hydrogens is 566 g/mol. The fourth-order valence-corrected chi connectivity index (χ4v) is 5.55. The molecule has 2 N–H and O–H groups in total. The van der Waals surface area contributed by atoms with Crippen LogP contribution in [0.1, 0.15) is 45.1 Å². The zero-order chi connectivity index (χ0) is 29.0. The van der Waals surface area contributed by atoms with E-state index in [1.54, 1.807) is 29.2 Å². The number of hydrazone groups is 1. The van der Waals surface area contributed by atoms with Crippen molar-refractivity contribution in [1.82, 2.24) is 20.5 Å². The second-order valence-electron chi connectivity index (χ2n) is 10.0. The number of alkyl halides is 3. The Labute approximate surface area is 241 Å². The summed E-state index contributed by atoms with van der Waals surface area (Å²) in [5.41, 5.74) is 1.67. The highest BCUT2D eigenvalue weighted by molar-refractivity contribution is 6.42. The summed E-state index contributed by atoms with van der Waals surface area (Å²) < 4.78 is 39.2. The van der Waals surface area contributed by atoms with E-state index < -0.39 is 18.6 Å². The van der Waals surface area contributed by atoms with E-state index in [-0.39, 0.29) is 42.4 Å². The minimum atomic E-state index is -4.34. The van der Waals surface area contributed by atoms with Crippen LogP contribution in [0.3, 0.4) is 0 Å². The summed E-state index contributed by atoms with van der Waals surface area (Å²) in [4.78, 5) is 19.7. The summed E-state index contributed by atoms with van der Waals surface area (Å²) in [5.74, 6) is -0.193. The Bertz CT molecular complexity index is 1300. The van der Waals surface area contributed by atoms with Crippen molar-refractivity contribution in [3.63, 3.8) is 0 Å². The van der Waals surface area contributed by atoms with Crippen LogP contribution in [0.25, 0.3) is 0 Å². The molecule has 0 radical (unpaired) electrons. The van der Waals surface area contributed by atoms with Crippen LogP contribution in [-0.4, -0.2) is 65.4 Å². The smallest absolute Gasteiger partial charge is 0.331 e. The summed E-state index contributed by atoms with van der Waals surface area (Å²) in [7, 11) is 0. The van der Waals surface area contributed by atoms with E-state index in [9.17, 15) is 23.2 Å². The maximum Gasteiger partial charge on any atom is 0.392 e. The van der Waals surface area contributed by atoms with Crippen molar-refractivity contribution in [2.75, 3.05) is 19.6 Å². The van der Waals surface area contributed by atoms with Gasteiger partial charge in [-0.3, -0.25) is 10.1 Å². The number of nitriles is 1. The summed E-state index contributed by atoms with van der Waals surface area (Å²) in [6.07, 6.45) is 1.53. The first-order valence-corrected chi connectivity index (χ1v) is 13.8. The number of hydrogen-bond acceptors (Lipinski definition) is 5. The lowest BCUT2D eigenvalue weighted by Gasteiger charge is -2.31. The lowest BCUT2D eigenvalue weighted by atomic mass is 9.92. The van der Waals surface area contributed by atoms with Gasteiger partial charge in [-0.25, -0.2) is 10.0 Å². The SMILES string of the molecule is CCN(C(=O)[C@H]1CCCN1)C1CN(C(=NC2=CC(C)CC(CC(F)(F)F)=C2)NC#N)N=C1c1ccc(Cl)c(Cl)c1. The Morgan fingerprint density at radius 2 is 2.12 bits per heavy atom. The monoisotopic (exact) mass is 595 g/mol. The number of carbonyl (C=O) groups excluding carboxylic acids is 1. The number of rotatable bonds is 6. The Balaban J connectivity index is 1.72. The molecule has 8 nitrogen and oxygen atoms in total. The summed E-state index contributed by atoms with van der Waals surface area (Å²) >= 11 is 12.4. The van der Waals surface area contributed by atoms with Gasteiger partial charge in [0, 0.05) is 12.1 Å². The first kappa shape index (κ1) is 29.9. The van der Waals surface area contributed by atoms with Crippen LogP contribution in [0, 0.1) is 17.4 Å². The van der Waals surface area contributed by atoms with Crippen molar-refractivity contribution in [3.05, 3.63) is 57.2 Å². The zero-order valence-corrected chi connectivity index (χ0v) is 23.6. The molecule has 1 aliphatic carbocycles. The lowest BCUT2D eigenvalue weighted by molar-refractivity contribution is -0.134. The van der Waals surface area contributed by atoms with Gasteiger partial charge >= 0.3 is 6.18 Å². The first-order chi connectivity index (χ1) is 19.0. The van der Waals surface area contributed by atoms with Gasteiger partial charge in [0.15, 0.2) is 6.19 Å². The van der Waals surface area contributed by atoms with Gasteiger partial charge in [0.2, 0.25) is 11.9 Å². The number of likely N-dealkylation sites (N-methyl/N-ethyl adjacent to an activating group) is 1. The molecule has 1 aromatic rings. The third-order valence-electron chi connectivity index (χ3n) is 6.93. The number of allylic oxidation sites excluding steroid dienone is 3. The molecular formula is C27H30Cl2F3N7O.